The topological polar surface area (TPSA) is 76.0 Å². The van der Waals surface area contributed by atoms with Crippen LogP contribution < -0.4 is 4.90 Å². The van der Waals surface area contributed by atoms with E-state index in [4.69, 9.17) is 4.84 Å². The summed E-state index contributed by atoms with van der Waals surface area (Å²) in [6.07, 6.45) is 0. The van der Waals surface area contributed by atoms with Gasteiger partial charge in [0.2, 0.25) is 0 Å². The Hall–Kier alpha value is -4.06. The van der Waals surface area contributed by atoms with Gasteiger partial charge < -0.3 is 4.84 Å². The molecule has 2 amide bonds. The molecule has 136 valence electrons. The predicted octanol–water partition coefficient (Wildman–Crippen LogP) is 3.43. The van der Waals surface area contributed by atoms with Gasteiger partial charge in [0.05, 0.1) is 11.3 Å². The number of carbonyl (C=O) groups excluding carboxylic acids is 3. The molecule has 6 nitrogen and oxygen atoms in total. The summed E-state index contributed by atoms with van der Waals surface area (Å²) >= 11 is 0. The number of amides is 2. The van der Waals surface area contributed by atoms with Crippen molar-refractivity contribution < 1.29 is 19.2 Å². The number of anilines is 1. The molecular weight excluding hydrogens is 356 g/mol. The third-order valence-electron chi connectivity index (χ3n) is 4.26. The fourth-order valence-electron chi connectivity index (χ4n) is 2.91. The average molecular weight is 370 g/mol. The number of hydrogen-bond acceptors (Lipinski definition) is 5. The Bertz CT molecular complexity index is 1090. The van der Waals surface area contributed by atoms with Gasteiger partial charge in [0, 0.05) is 11.1 Å². The molecule has 3 aromatic rings. The highest BCUT2D eigenvalue weighted by molar-refractivity contribution is 6.58. The fraction of sp³-hybridized carbons (Fsp3) is 0. The number of benzene rings is 3. The highest BCUT2D eigenvalue weighted by atomic mass is 16.7. The van der Waals surface area contributed by atoms with Crippen LogP contribution in [0.1, 0.15) is 26.3 Å². The first-order valence-electron chi connectivity index (χ1n) is 8.54. The zero-order chi connectivity index (χ0) is 19.5. The molecule has 0 radical (unpaired) electrons. The summed E-state index contributed by atoms with van der Waals surface area (Å²) in [6, 6.07) is 23.5. The van der Waals surface area contributed by atoms with Gasteiger partial charge in [-0.15, -0.1) is 0 Å². The Labute approximate surface area is 160 Å². The van der Waals surface area contributed by atoms with Gasteiger partial charge in [-0.2, -0.15) is 0 Å². The molecule has 0 bridgehead atoms. The largest absolute Gasteiger partial charge is 0.365 e. The zero-order valence-electron chi connectivity index (χ0n) is 14.6. The van der Waals surface area contributed by atoms with Crippen LogP contribution in [-0.2, 0) is 9.63 Å². The van der Waals surface area contributed by atoms with Crippen LogP contribution in [0.3, 0.4) is 0 Å². The number of fused-ring (bicyclic) bond motifs is 1. The molecule has 0 saturated heterocycles. The number of hydrogen-bond donors (Lipinski definition) is 0. The summed E-state index contributed by atoms with van der Waals surface area (Å²) in [5.74, 6) is -1.81. The quantitative estimate of drug-likeness (QED) is 0.402. The van der Waals surface area contributed by atoms with Crippen LogP contribution in [0.2, 0.25) is 0 Å². The highest BCUT2D eigenvalue weighted by Crippen LogP contribution is 2.30. The van der Waals surface area contributed by atoms with E-state index in [1.807, 2.05) is 0 Å². The lowest BCUT2D eigenvalue weighted by Crippen LogP contribution is -2.36. The predicted molar refractivity (Wildman–Crippen MR) is 103 cm³/mol. The number of nitrogens with zero attached hydrogens (tertiary/aromatic N) is 2. The summed E-state index contributed by atoms with van der Waals surface area (Å²) in [7, 11) is 0. The van der Waals surface area contributed by atoms with Crippen LogP contribution >= 0.6 is 0 Å². The maximum absolute atomic E-state index is 12.9. The van der Waals surface area contributed by atoms with Gasteiger partial charge in [-0.1, -0.05) is 59.8 Å². The molecule has 1 aliphatic rings. The Morgan fingerprint density at radius 3 is 2.00 bits per heavy atom. The van der Waals surface area contributed by atoms with Crippen LogP contribution in [0, 0.1) is 0 Å². The van der Waals surface area contributed by atoms with Crippen molar-refractivity contribution in [1.82, 2.24) is 0 Å². The average Bonchev–Trinajstić information content (AvgIpc) is 3.04. The molecule has 0 spiro atoms. The molecule has 4 rings (SSSR count). The Balaban J connectivity index is 1.67. The van der Waals surface area contributed by atoms with Crippen molar-refractivity contribution in [3.8, 4) is 0 Å². The van der Waals surface area contributed by atoms with E-state index in [-0.39, 0.29) is 5.71 Å². The highest BCUT2D eigenvalue weighted by Gasteiger charge is 2.39. The van der Waals surface area contributed by atoms with Crippen LogP contribution in [0.25, 0.3) is 0 Å². The number of imide groups is 1. The third-order valence-corrected chi connectivity index (χ3v) is 4.26. The molecular formula is C22H14N2O4. The molecule has 0 unspecified atom stereocenters. The molecule has 0 saturated carbocycles. The normalized spacial score (nSPS) is 14.1. The summed E-state index contributed by atoms with van der Waals surface area (Å²) in [4.78, 5) is 43.9. The van der Waals surface area contributed by atoms with Crippen molar-refractivity contribution in [3.05, 3.63) is 102 Å². The lowest BCUT2D eigenvalue weighted by Gasteiger charge is -2.14. The first-order valence-corrected chi connectivity index (χ1v) is 8.54. The van der Waals surface area contributed by atoms with Gasteiger partial charge in [-0.3, -0.25) is 9.59 Å². The second-order valence-corrected chi connectivity index (χ2v) is 6.01. The second kappa shape index (κ2) is 7.28. The van der Waals surface area contributed by atoms with Gasteiger partial charge in [0.15, 0.2) is 5.71 Å². The fourth-order valence-corrected chi connectivity index (χ4v) is 2.91. The summed E-state index contributed by atoms with van der Waals surface area (Å²) in [5, 5.41) is 3.77. The molecule has 6 heteroatoms. The van der Waals surface area contributed by atoms with E-state index in [2.05, 4.69) is 5.16 Å². The van der Waals surface area contributed by atoms with Crippen molar-refractivity contribution in [2.24, 2.45) is 5.16 Å². The second-order valence-electron chi connectivity index (χ2n) is 6.01. The van der Waals surface area contributed by atoms with Crippen LogP contribution in [0.15, 0.2) is 90.1 Å². The van der Waals surface area contributed by atoms with E-state index in [1.165, 1.54) is 0 Å². The summed E-state index contributed by atoms with van der Waals surface area (Å²) in [5.41, 5.74) is 1.41. The first-order chi connectivity index (χ1) is 13.7. The van der Waals surface area contributed by atoms with Crippen molar-refractivity contribution in [2.75, 3.05) is 4.90 Å². The van der Waals surface area contributed by atoms with Gasteiger partial charge in [-0.05, 0) is 30.3 Å². The van der Waals surface area contributed by atoms with Crippen molar-refractivity contribution >= 4 is 29.2 Å². The molecule has 28 heavy (non-hydrogen) atoms. The minimum absolute atomic E-state index is 0.0934. The van der Waals surface area contributed by atoms with Crippen molar-refractivity contribution in [3.63, 3.8) is 0 Å². The lowest BCUT2D eigenvalue weighted by molar-refractivity contribution is -0.111. The maximum Gasteiger partial charge on any atom is 0.365 e. The number of para-hydroxylation sites is 1. The molecule has 0 fully saturated rings. The number of oxime groups is 1. The van der Waals surface area contributed by atoms with E-state index in [1.54, 1.807) is 84.9 Å². The van der Waals surface area contributed by atoms with Crippen LogP contribution in [-0.4, -0.2) is 23.5 Å². The third kappa shape index (κ3) is 3.07. The minimum Gasteiger partial charge on any atom is -0.312 e. The Morgan fingerprint density at radius 1 is 0.750 bits per heavy atom. The Kier molecular flexibility index (Phi) is 4.51. The van der Waals surface area contributed by atoms with Gasteiger partial charge >= 0.3 is 5.97 Å². The standard InChI is InChI=1S/C22H14N2O4/c25-20(15-9-3-1-4-10-15)24-18-14-8-7-13-17(18)19(21(24)26)23-28-22(27)16-11-5-2-6-12-16/h1-14H/b23-19+. The number of rotatable bonds is 3. The molecule has 0 aromatic heterocycles. The zero-order valence-corrected chi connectivity index (χ0v) is 14.6. The van der Waals surface area contributed by atoms with E-state index >= 15 is 0 Å². The maximum atomic E-state index is 12.9. The minimum atomic E-state index is -0.689. The summed E-state index contributed by atoms with van der Waals surface area (Å²) in [6.45, 7) is 0. The molecule has 1 heterocycles. The van der Waals surface area contributed by atoms with E-state index in [0.717, 1.165) is 4.90 Å². The van der Waals surface area contributed by atoms with E-state index < -0.39 is 17.8 Å². The molecule has 1 aliphatic heterocycles. The SMILES string of the molecule is O=C(O/N=C1/C(=O)N(C(=O)c2ccccc2)c2ccccc21)c1ccccc1. The van der Waals surface area contributed by atoms with E-state index in [0.29, 0.717) is 22.4 Å². The van der Waals surface area contributed by atoms with Crippen molar-refractivity contribution in [1.29, 1.82) is 0 Å². The molecule has 0 N–H and O–H groups in total. The molecule has 3 aromatic carbocycles. The summed E-state index contributed by atoms with van der Waals surface area (Å²) < 4.78 is 0. The van der Waals surface area contributed by atoms with Crippen molar-refractivity contribution in [2.45, 2.75) is 0 Å². The van der Waals surface area contributed by atoms with Gasteiger partial charge in [-0.25, -0.2) is 9.69 Å². The molecule has 0 aliphatic carbocycles. The smallest absolute Gasteiger partial charge is 0.312 e. The lowest BCUT2D eigenvalue weighted by atomic mass is 10.1. The van der Waals surface area contributed by atoms with E-state index in [9.17, 15) is 14.4 Å². The van der Waals surface area contributed by atoms with Crippen LogP contribution in [0.4, 0.5) is 5.69 Å². The molecule has 0 atom stereocenters. The number of carbonyl (C=O) groups is 3. The van der Waals surface area contributed by atoms with Gasteiger partial charge in [0.25, 0.3) is 11.8 Å². The Morgan fingerprint density at radius 2 is 1.32 bits per heavy atom. The monoisotopic (exact) mass is 370 g/mol. The first kappa shape index (κ1) is 17.4. The van der Waals surface area contributed by atoms with Crippen LogP contribution in [0.5, 0.6) is 0 Å². The van der Waals surface area contributed by atoms with Gasteiger partial charge in [0.1, 0.15) is 0 Å².